The lowest BCUT2D eigenvalue weighted by Crippen LogP contribution is -2.56. The molecule has 0 aliphatic carbocycles. The summed E-state index contributed by atoms with van der Waals surface area (Å²) in [5.74, 6) is 0.424. The average molecular weight is 375 g/mol. The maximum Gasteiger partial charge on any atom is 0.325 e. The van der Waals surface area contributed by atoms with E-state index in [1.807, 2.05) is 6.92 Å². The molecule has 4 atom stereocenters. The van der Waals surface area contributed by atoms with Crippen molar-refractivity contribution in [3.05, 3.63) is 11.8 Å². The molecule has 2 amide bonds. The van der Waals surface area contributed by atoms with E-state index in [2.05, 4.69) is 51.8 Å². The Balaban J connectivity index is 2.11. The minimum absolute atomic E-state index is 0.0631. The van der Waals surface area contributed by atoms with E-state index in [4.69, 9.17) is 9.16 Å². The number of amides is 2. The van der Waals surface area contributed by atoms with Gasteiger partial charge in [0, 0.05) is 18.4 Å². The molecule has 2 N–H and O–H groups in total. The van der Waals surface area contributed by atoms with Crippen molar-refractivity contribution in [3.8, 4) is 0 Å². The van der Waals surface area contributed by atoms with Crippen LogP contribution in [0.15, 0.2) is 11.8 Å². The average Bonchev–Trinajstić information content (AvgIpc) is 2.82. The number of nitrogens with zero attached hydrogens (tertiary/aromatic N) is 1. The minimum atomic E-state index is -2.00. The van der Waals surface area contributed by atoms with E-state index >= 15 is 0 Å². The summed E-state index contributed by atoms with van der Waals surface area (Å²) in [6, 6.07) is -0.263. The summed E-state index contributed by atoms with van der Waals surface area (Å²) in [6.07, 6.45) is 0.323. The number of carbonyl (C=O) groups excluding carboxylic acids is 1. The SMILES string of the molecule is CC1=CN([C@H]2C[C@H](O)[C@@H](CS)O2)C(=O)NC1O[Si](C)(C)C(C)(C)C. The van der Waals surface area contributed by atoms with Gasteiger partial charge in [0.15, 0.2) is 8.32 Å². The predicted octanol–water partition coefficient (Wildman–Crippen LogP) is 2.67. The third-order valence-electron chi connectivity index (χ3n) is 5.16. The van der Waals surface area contributed by atoms with E-state index in [1.165, 1.54) is 4.90 Å². The van der Waals surface area contributed by atoms with Crippen LogP contribution in [0.2, 0.25) is 18.1 Å². The molecule has 138 valence electrons. The molecule has 0 aromatic rings. The monoisotopic (exact) mass is 374 g/mol. The predicted molar refractivity (Wildman–Crippen MR) is 99.3 cm³/mol. The van der Waals surface area contributed by atoms with Crippen molar-refractivity contribution in [3.63, 3.8) is 0 Å². The van der Waals surface area contributed by atoms with Gasteiger partial charge in [-0.15, -0.1) is 0 Å². The lowest BCUT2D eigenvalue weighted by Gasteiger charge is -2.42. The molecule has 6 nitrogen and oxygen atoms in total. The van der Waals surface area contributed by atoms with Gasteiger partial charge in [-0.25, -0.2) is 4.79 Å². The summed E-state index contributed by atoms with van der Waals surface area (Å²) in [6.45, 7) is 12.8. The van der Waals surface area contributed by atoms with E-state index in [0.717, 1.165) is 5.57 Å². The Labute approximate surface area is 151 Å². The van der Waals surface area contributed by atoms with Gasteiger partial charge in [0.1, 0.15) is 12.5 Å². The zero-order valence-corrected chi connectivity index (χ0v) is 17.3. The Morgan fingerprint density at radius 1 is 1.50 bits per heavy atom. The van der Waals surface area contributed by atoms with Gasteiger partial charge >= 0.3 is 6.03 Å². The molecule has 2 aliphatic rings. The molecule has 0 radical (unpaired) electrons. The first kappa shape index (κ1) is 19.8. The molecule has 24 heavy (non-hydrogen) atoms. The maximum absolute atomic E-state index is 12.5. The van der Waals surface area contributed by atoms with E-state index in [-0.39, 0.29) is 17.2 Å². The highest BCUT2D eigenvalue weighted by Crippen LogP contribution is 2.38. The molecule has 0 saturated carbocycles. The second-order valence-corrected chi connectivity index (χ2v) is 13.2. The van der Waals surface area contributed by atoms with Crippen LogP contribution in [-0.2, 0) is 9.16 Å². The van der Waals surface area contributed by atoms with Gasteiger partial charge in [0.25, 0.3) is 0 Å². The quantitative estimate of drug-likeness (QED) is 0.523. The molecule has 0 aromatic heterocycles. The molecule has 0 aromatic carbocycles. The number of thiol groups is 1. The standard InChI is InChI=1S/C16H30N2O4SSi/c1-10-8-18(13-7-11(19)12(9-23)21-13)15(20)17-14(10)22-24(5,6)16(2,3)4/h8,11-14,19,23H,7,9H2,1-6H3,(H,17,20)/t11-,12+,13+,14?/m0/s1. The molecule has 1 fully saturated rings. The molecular formula is C16H30N2O4SSi. The fraction of sp³-hybridized carbons (Fsp3) is 0.812. The van der Waals surface area contributed by atoms with Crippen LogP contribution in [0.25, 0.3) is 0 Å². The number of nitrogens with one attached hydrogen (secondary N) is 1. The molecule has 2 heterocycles. The molecule has 0 spiro atoms. The Hall–Kier alpha value is -0.543. The van der Waals surface area contributed by atoms with Crippen LogP contribution < -0.4 is 5.32 Å². The summed E-state index contributed by atoms with van der Waals surface area (Å²) < 4.78 is 12.0. The number of hydrogen-bond donors (Lipinski definition) is 3. The van der Waals surface area contributed by atoms with E-state index in [1.54, 1.807) is 6.20 Å². The molecule has 8 heteroatoms. The Morgan fingerprint density at radius 2 is 2.12 bits per heavy atom. The Kier molecular flexibility index (Phi) is 5.76. The fourth-order valence-electron chi connectivity index (χ4n) is 2.50. The van der Waals surface area contributed by atoms with Crippen molar-refractivity contribution < 1.29 is 19.1 Å². The number of rotatable bonds is 4. The van der Waals surface area contributed by atoms with Crippen LogP contribution in [0.5, 0.6) is 0 Å². The van der Waals surface area contributed by atoms with Crippen LogP contribution >= 0.6 is 12.6 Å². The van der Waals surface area contributed by atoms with Gasteiger partial charge in [-0.1, -0.05) is 20.8 Å². The highest BCUT2D eigenvalue weighted by molar-refractivity contribution is 7.80. The normalized spacial score (nSPS) is 31.9. The second kappa shape index (κ2) is 6.99. The Bertz CT molecular complexity index is 521. The minimum Gasteiger partial charge on any atom is -0.394 e. The van der Waals surface area contributed by atoms with Crippen molar-refractivity contribution in [2.45, 2.75) is 76.9 Å². The van der Waals surface area contributed by atoms with Crippen LogP contribution in [0.1, 0.15) is 34.1 Å². The lowest BCUT2D eigenvalue weighted by molar-refractivity contribution is -0.0241. The third-order valence-corrected chi connectivity index (χ3v) is 9.96. The van der Waals surface area contributed by atoms with Gasteiger partial charge in [-0.2, -0.15) is 12.6 Å². The zero-order chi connectivity index (χ0) is 18.3. The van der Waals surface area contributed by atoms with Crippen molar-refractivity contribution >= 4 is 27.0 Å². The maximum atomic E-state index is 12.5. The number of aliphatic hydroxyl groups is 1. The summed E-state index contributed by atoms with van der Waals surface area (Å²) in [7, 11) is -2.00. The zero-order valence-electron chi connectivity index (χ0n) is 15.4. The van der Waals surface area contributed by atoms with Gasteiger partial charge in [0.05, 0.1) is 12.2 Å². The van der Waals surface area contributed by atoms with E-state index in [0.29, 0.717) is 12.2 Å². The van der Waals surface area contributed by atoms with Crippen LogP contribution in [0.4, 0.5) is 4.79 Å². The summed E-state index contributed by atoms with van der Waals surface area (Å²) in [5.41, 5.74) is 0.923. The highest BCUT2D eigenvalue weighted by Gasteiger charge is 2.43. The van der Waals surface area contributed by atoms with E-state index in [9.17, 15) is 9.90 Å². The number of carbonyl (C=O) groups is 1. The number of urea groups is 1. The third kappa shape index (κ3) is 3.99. The van der Waals surface area contributed by atoms with Crippen LogP contribution in [0, 0.1) is 0 Å². The van der Waals surface area contributed by atoms with Gasteiger partial charge in [0.2, 0.25) is 0 Å². The van der Waals surface area contributed by atoms with E-state index < -0.39 is 26.9 Å². The van der Waals surface area contributed by atoms with Crippen molar-refractivity contribution in [2.24, 2.45) is 0 Å². The highest BCUT2D eigenvalue weighted by atomic mass is 32.1. The summed E-state index contributed by atoms with van der Waals surface area (Å²) in [5, 5.41) is 12.9. The molecule has 2 aliphatic heterocycles. The van der Waals surface area contributed by atoms with Gasteiger partial charge in [-0.05, 0) is 30.6 Å². The van der Waals surface area contributed by atoms with Gasteiger partial charge in [-0.3, -0.25) is 4.90 Å². The van der Waals surface area contributed by atoms with Crippen LogP contribution in [0.3, 0.4) is 0 Å². The first-order chi connectivity index (χ1) is 11.0. The first-order valence-corrected chi connectivity index (χ1v) is 11.9. The molecule has 2 rings (SSSR count). The number of ether oxygens (including phenoxy) is 1. The van der Waals surface area contributed by atoms with Crippen molar-refractivity contribution in [2.75, 3.05) is 5.75 Å². The van der Waals surface area contributed by atoms with Crippen molar-refractivity contribution in [1.29, 1.82) is 0 Å². The van der Waals surface area contributed by atoms with Crippen molar-refractivity contribution in [1.82, 2.24) is 10.2 Å². The first-order valence-electron chi connectivity index (χ1n) is 8.35. The number of hydrogen-bond acceptors (Lipinski definition) is 5. The molecular weight excluding hydrogens is 344 g/mol. The Morgan fingerprint density at radius 3 is 2.62 bits per heavy atom. The lowest BCUT2D eigenvalue weighted by atomic mass is 10.2. The summed E-state index contributed by atoms with van der Waals surface area (Å²) >= 11 is 4.17. The molecule has 0 bridgehead atoms. The molecule has 1 unspecified atom stereocenters. The topological polar surface area (TPSA) is 71.0 Å². The fourth-order valence-corrected chi connectivity index (χ4v) is 4.02. The largest absolute Gasteiger partial charge is 0.394 e. The number of aliphatic hydroxyl groups excluding tert-OH is 1. The summed E-state index contributed by atoms with van der Waals surface area (Å²) in [4.78, 5) is 14.0. The second-order valence-electron chi connectivity index (χ2n) is 8.10. The van der Waals surface area contributed by atoms with Gasteiger partial charge < -0.3 is 19.6 Å². The van der Waals surface area contributed by atoms with Crippen LogP contribution in [-0.4, -0.2) is 54.8 Å². The smallest absolute Gasteiger partial charge is 0.325 e. The molecule has 1 saturated heterocycles.